The van der Waals surface area contributed by atoms with E-state index in [2.05, 4.69) is 4.99 Å². The molecular weight excluding hydrogens is 821 g/mol. The zero-order chi connectivity index (χ0) is 38.7. The molecule has 284 valence electrons. The minimum atomic E-state index is -6.19. The van der Waals surface area contributed by atoms with Gasteiger partial charge < -0.3 is 0 Å². The number of amides is 4. The molecule has 1 heterocycles. The SMILES string of the molecule is COc1ccc(I(OS(=O)(=O)C(F)(F)F)c2cc(CN(C(=O)OC(C)(C)C)/C(=N/C(=O)OC(C)(C)C)N3CN(C)C(=O)N(C)C3)ccc2F)cc1. The van der Waals surface area contributed by atoms with Gasteiger partial charge in [-0.1, -0.05) is 0 Å². The number of halogens is 5. The van der Waals surface area contributed by atoms with Crippen molar-refractivity contribution in [3.05, 3.63) is 61.0 Å². The molecule has 1 aliphatic rings. The Kier molecular flexibility index (Phi) is 12.8. The molecule has 4 amide bonds. The summed E-state index contributed by atoms with van der Waals surface area (Å²) in [6.45, 7) is 8.68. The maximum absolute atomic E-state index is 15.6. The second-order valence-electron chi connectivity index (χ2n) is 13.1. The standard InChI is InChI=1S/C31H40F4IN5O9S/c1-29(2,3)48-26(42)37-25(40-18-38(7)27(43)39(8)19-40)41(28(44)49-30(4,5)6)17-20-10-15-23(32)24(16-20)36(50-51(45,46)31(33,34)35)21-11-13-22(47-9)14-12-21/h10-16H,17-19H2,1-9H3/b37-25+. The molecule has 1 aliphatic heterocycles. The number of methoxy groups -OCH3 is 1. The van der Waals surface area contributed by atoms with Gasteiger partial charge in [-0.15, -0.1) is 0 Å². The summed E-state index contributed by atoms with van der Waals surface area (Å²) >= 11 is -4.28. The third-order valence-electron chi connectivity index (χ3n) is 6.33. The van der Waals surface area contributed by atoms with Gasteiger partial charge in [0.15, 0.2) is 0 Å². The van der Waals surface area contributed by atoms with Gasteiger partial charge in [0, 0.05) is 0 Å². The van der Waals surface area contributed by atoms with Gasteiger partial charge in [0.05, 0.1) is 0 Å². The third kappa shape index (κ3) is 11.3. The Balaban J connectivity index is 2.23. The number of carbonyl (C=O) groups is 3. The number of aliphatic imine (C=N–C) groups is 1. The van der Waals surface area contributed by atoms with Gasteiger partial charge in [-0.3, -0.25) is 0 Å². The Morgan fingerprint density at radius 3 is 1.96 bits per heavy atom. The van der Waals surface area contributed by atoms with Crippen LogP contribution >= 0.6 is 20.2 Å². The molecule has 1 saturated heterocycles. The fourth-order valence-corrected chi connectivity index (χ4v) is 10.9. The fraction of sp³-hybridized carbons (Fsp3) is 0.484. The normalized spacial score (nSPS) is 15.1. The molecule has 0 atom stereocenters. The molecular formula is C31H40F4IN5O9S. The van der Waals surface area contributed by atoms with Crippen LogP contribution in [0.15, 0.2) is 47.5 Å². The van der Waals surface area contributed by atoms with Crippen LogP contribution in [-0.2, 0) is 28.6 Å². The monoisotopic (exact) mass is 861 g/mol. The number of ether oxygens (including phenoxy) is 3. The van der Waals surface area contributed by atoms with Crippen molar-refractivity contribution >= 4 is 54.5 Å². The Morgan fingerprint density at radius 2 is 1.47 bits per heavy atom. The van der Waals surface area contributed by atoms with Crippen molar-refractivity contribution in [3.63, 3.8) is 0 Å². The number of hydrogen-bond donors (Lipinski definition) is 0. The minimum absolute atomic E-state index is 0.0240. The van der Waals surface area contributed by atoms with Crippen LogP contribution in [0.2, 0.25) is 0 Å². The van der Waals surface area contributed by atoms with Gasteiger partial charge >= 0.3 is 302 Å². The summed E-state index contributed by atoms with van der Waals surface area (Å²) < 4.78 is 101. The number of hydrogen-bond acceptors (Lipinski definition) is 9. The number of carbonyl (C=O) groups excluding carboxylic acids is 3. The van der Waals surface area contributed by atoms with Gasteiger partial charge in [0.1, 0.15) is 0 Å². The zero-order valence-corrected chi connectivity index (χ0v) is 32.3. The van der Waals surface area contributed by atoms with E-state index in [1.807, 2.05) is 0 Å². The van der Waals surface area contributed by atoms with E-state index < -0.39 is 75.2 Å². The second-order valence-corrected chi connectivity index (χ2v) is 19.5. The predicted octanol–water partition coefficient (Wildman–Crippen LogP) is 6.40. The van der Waals surface area contributed by atoms with E-state index in [-0.39, 0.29) is 34.5 Å². The quantitative estimate of drug-likeness (QED) is 0.101. The van der Waals surface area contributed by atoms with Crippen molar-refractivity contribution in [2.45, 2.75) is 64.8 Å². The molecule has 1 fully saturated rings. The van der Waals surface area contributed by atoms with Crippen LogP contribution in [0.25, 0.3) is 0 Å². The predicted molar refractivity (Wildman–Crippen MR) is 185 cm³/mol. The Bertz CT molecular complexity index is 1730. The Hall–Kier alpha value is -3.92. The molecule has 0 unspecified atom stereocenters. The number of guanidine groups is 1. The van der Waals surface area contributed by atoms with Crippen molar-refractivity contribution in [1.82, 2.24) is 19.6 Å². The van der Waals surface area contributed by atoms with E-state index in [0.29, 0.717) is 5.75 Å². The number of urea groups is 1. The number of alkyl halides is 3. The Labute approximate surface area is 301 Å². The van der Waals surface area contributed by atoms with Crippen LogP contribution < -0.4 is 4.74 Å². The molecule has 14 nitrogen and oxygen atoms in total. The summed E-state index contributed by atoms with van der Waals surface area (Å²) in [5, 5.41) is 0. The van der Waals surface area contributed by atoms with E-state index in [1.165, 1.54) is 66.2 Å². The third-order valence-corrected chi connectivity index (χ3v) is 13.4. The van der Waals surface area contributed by atoms with E-state index in [9.17, 15) is 36.0 Å². The molecule has 0 radical (unpaired) electrons. The molecule has 20 heteroatoms. The van der Waals surface area contributed by atoms with Crippen molar-refractivity contribution < 1.29 is 57.1 Å². The molecule has 3 rings (SSSR count). The molecule has 2 aromatic rings. The summed E-state index contributed by atoms with van der Waals surface area (Å²) in [4.78, 5) is 48.4. The van der Waals surface area contributed by atoms with Crippen LogP contribution in [0.3, 0.4) is 0 Å². The molecule has 0 N–H and O–H groups in total. The van der Waals surface area contributed by atoms with Gasteiger partial charge in [-0.2, -0.15) is 0 Å². The first kappa shape index (κ1) is 41.5. The van der Waals surface area contributed by atoms with Gasteiger partial charge in [-0.05, 0) is 0 Å². The average molecular weight is 862 g/mol. The molecule has 2 aromatic carbocycles. The summed E-state index contributed by atoms with van der Waals surface area (Å²) in [5.74, 6) is -1.11. The zero-order valence-electron chi connectivity index (χ0n) is 29.4. The van der Waals surface area contributed by atoms with Crippen molar-refractivity contribution in [1.29, 1.82) is 0 Å². The summed E-state index contributed by atoms with van der Waals surface area (Å²) in [5.41, 5.74) is -7.83. The van der Waals surface area contributed by atoms with Crippen LogP contribution in [0.1, 0.15) is 47.1 Å². The molecule has 0 saturated carbocycles. The fourth-order valence-electron chi connectivity index (χ4n) is 4.24. The summed E-state index contributed by atoms with van der Waals surface area (Å²) in [7, 11) is -1.91. The van der Waals surface area contributed by atoms with Crippen LogP contribution in [-0.4, -0.2) is 103 Å². The number of rotatable bonds is 7. The van der Waals surface area contributed by atoms with Gasteiger partial charge in [0.25, 0.3) is 0 Å². The van der Waals surface area contributed by atoms with E-state index >= 15 is 4.39 Å². The van der Waals surface area contributed by atoms with Gasteiger partial charge in [-0.25, -0.2) is 0 Å². The van der Waals surface area contributed by atoms with Crippen LogP contribution in [0.5, 0.6) is 5.75 Å². The first-order valence-corrected chi connectivity index (χ1v) is 19.4. The van der Waals surface area contributed by atoms with Gasteiger partial charge in [0.2, 0.25) is 0 Å². The molecule has 0 spiro atoms. The maximum atomic E-state index is 15.6. The molecule has 0 bridgehead atoms. The van der Waals surface area contributed by atoms with Crippen LogP contribution in [0, 0.1) is 13.0 Å². The Morgan fingerprint density at radius 1 is 0.922 bits per heavy atom. The summed E-state index contributed by atoms with van der Waals surface area (Å²) in [6, 6.07) is 8.05. The van der Waals surface area contributed by atoms with Crippen molar-refractivity contribution in [2.24, 2.45) is 4.99 Å². The van der Waals surface area contributed by atoms with E-state index in [4.69, 9.17) is 16.7 Å². The number of benzene rings is 2. The van der Waals surface area contributed by atoms with Crippen molar-refractivity contribution in [2.75, 3.05) is 34.5 Å². The summed E-state index contributed by atoms with van der Waals surface area (Å²) in [6.07, 6.45) is -2.15. The number of nitrogens with zero attached hydrogens (tertiary/aromatic N) is 5. The van der Waals surface area contributed by atoms with Crippen molar-refractivity contribution in [3.8, 4) is 5.75 Å². The molecule has 51 heavy (non-hydrogen) atoms. The molecule has 0 aliphatic carbocycles. The topological polar surface area (TPSA) is 148 Å². The average Bonchev–Trinajstić information content (AvgIpc) is 2.98. The first-order chi connectivity index (χ1) is 23.3. The second kappa shape index (κ2) is 15.8. The van der Waals surface area contributed by atoms with E-state index in [0.717, 1.165) is 17.0 Å². The first-order valence-electron chi connectivity index (χ1n) is 15.0. The molecule has 0 aromatic heterocycles. The van der Waals surface area contributed by atoms with Crippen LogP contribution in [0.4, 0.5) is 31.9 Å². The van der Waals surface area contributed by atoms with E-state index in [1.54, 1.807) is 41.5 Å².